The van der Waals surface area contributed by atoms with Crippen LogP contribution in [0.15, 0.2) is 41.5 Å². The van der Waals surface area contributed by atoms with Gasteiger partial charge in [0.05, 0.1) is 25.1 Å². The summed E-state index contributed by atoms with van der Waals surface area (Å²) in [6, 6.07) is 7.13. The largest absolute Gasteiger partial charge is 0.494 e. The number of nitrogens with one attached hydrogen (secondary N) is 2. The van der Waals surface area contributed by atoms with E-state index in [0.29, 0.717) is 56.1 Å². The lowest BCUT2D eigenvalue weighted by Gasteiger charge is -2.34. The first-order valence-electron chi connectivity index (χ1n) is 14.1. The molecule has 0 bridgehead atoms. The van der Waals surface area contributed by atoms with Crippen molar-refractivity contribution in [2.24, 2.45) is 18.0 Å². The molecule has 2 aliphatic rings. The normalized spacial score (nSPS) is 18.6. The van der Waals surface area contributed by atoms with Crippen LogP contribution >= 0.6 is 0 Å². The van der Waals surface area contributed by atoms with Gasteiger partial charge in [-0.2, -0.15) is 4.39 Å². The zero-order valence-corrected chi connectivity index (χ0v) is 24.5. The summed E-state index contributed by atoms with van der Waals surface area (Å²) in [4.78, 5) is 50.1. The van der Waals surface area contributed by atoms with Crippen molar-refractivity contribution in [3.8, 4) is 17.0 Å². The monoisotopic (exact) mass is 609 g/mol. The van der Waals surface area contributed by atoms with Gasteiger partial charge in [-0.3, -0.25) is 9.59 Å². The molecule has 3 aromatic rings. The second-order valence-electron chi connectivity index (χ2n) is 10.7. The minimum absolute atomic E-state index is 0.0266. The molecule has 2 aromatic carbocycles. The minimum atomic E-state index is -1.14. The molecule has 1 aromatic heterocycles. The number of imidazole rings is 1. The number of hydrogen-bond acceptors (Lipinski definition) is 7. The minimum Gasteiger partial charge on any atom is -0.494 e. The Hall–Kier alpha value is -4.69. The van der Waals surface area contributed by atoms with Crippen LogP contribution < -0.4 is 15.4 Å². The highest BCUT2D eigenvalue weighted by molar-refractivity contribution is 6.03. The first kappa shape index (κ1) is 30.8. The van der Waals surface area contributed by atoms with Gasteiger partial charge in [-0.25, -0.2) is 19.2 Å². The summed E-state index contributed by atoms with van der Waals surface area (Å²) in [6.07, 6.45) is 2.21. The van der Waals surface area contributed by atoms with Gasteiger partial charge >= 0.3 is 6.03 Å². The first-order chi connectivity index (χ1) is 21.1. The van der Waals surface area contributed by atoms with Crippen molar-refractivity contribution in [2.45, 2.75) is 13.0 Å². The van der Waals surface area contributed by atoms with E-state index in [2.05, 4.69) is 20.6 Å². The Balaban J connectivity index is 1.20. The smallest absolute Gasteiger partial charge is 0.343 e. The van der Waals surface area contributed by atoms with Gasteiger partial charge in [0, 0.05) is 75.3 Å². The average Bonchev–Trinajstić information content (AvgIpc) is 3.61. The van der Waals surface area contributed by atoms with Crippen molar-refractivity contribution >= 4 is 29.7 Å². The van der Waals surface area contributed by atoms with Crippen molar-refractivity contribution in [3.63, 3.8) is 0 Å². The maximum absolute atomic E-state index is 14.6. The van der Waals surface area contributed by atoms with Crippen LogP contribution in [-0.2, 0) is 7.05 Å². The molecule has 12 nitrogen and oxygen atoms in total. The van der Waals surface area contributed by atoms with Gasteiger partial charge in [0.15, 0.2) is 17.4 Å². The van der Waals surface area contributed by atoms with Gasteiger partial charge < -0.3 is 34.8 Å². The third-order valence-corrected chi connectivity index (χ3v) is 7.89. The molecule has 232 valence electrons. The lowest BCUT2D eigenvalue weighted by atomic mass is 10.1. The molecular weight excluding hydrogens is 576 g/mol. The number of urea groups is 1. The summed E-state index contributed by atoms with van der Waals surface area (Å²) >= 11 is 0. The molecule has 2 saturated heterocycles. The van der Waals surface area contributed by atoms with Crippen molar-refractivity contribution in [1.29, 1.82) is 0 Å². The lowest BCUT2D eigenvalue weighted by molar-refractivity contribution is 0.0669. The van der Waals surface area contributed by atoms with Crippen molar-refractivity contribution in [2.75, 3.05) is 51.7 Å². The van der Waals surface area contributed by atoms with Crippen LogP contribution in [0.5, 0.6) is 5.75 Å². The summed E-state index contributed by atoms with van der Waals surface area (Å²) in [5, 5.41) is 15.6. The van der Waals surface area contributed by atoms with Crippen LogP contribution in [0.4, 0.5) is 19.3 Å². The van der Waals surface area contributed by atoms with E-state index in [1.165, 1.54) is 43.3 Å². The van der Waals surface area contributed by atoms with Crippen molar-refractivity contribution in [1.82, 2.24) is 24.7 Å². The van der Waals surface area contributed by atoms with Gasteiger partial charge in [-0.15, -0.1) is 0 Å². The number of amides is 4. The number of piperazine rings is 1. The van der Waals surface area contributed by atoms with E-state index in [9.17, 15) is 28.3 Å². The number of aryl methyl sites for hydroxylation is 1. The number of aromatic nitrogens is 2. The number of rotatable bonds is 6. The summed E-state index contributed by atoms with van der Waals surface area (Å²) in [7, 11) is 2.75. The van der Waals surface area contributed by atoms with E-state index in [1.54, 1.807) is 34.9 Å². The van der Waals surface area contributed by atoms with Gasteiger partial charge in [-0.1, -0.05) is 0 Å². The number of halogens is 2. The number of aliphatic hydroxyl groups is 1. The Morgan fingerprint density at radius 3 is 2.48 bits per heavy atom. The molecule has 0 radical (unpaired) electrons. The van der Waals surface area contributed by atoms with Gasteiger partial charge in [0.2, 0.25) is 5.82 Å². The number of anilines is 1. The number of nitrogens with zero attached hydrogens (tertiary/aromatic N) is 5. The van der Waals surface area contributed by atoms with E-state index in [-0.39, 0.29) is 34.7 Å². The number of hydrogen-bond donors (Lipinski definition) is 3. The van der Waals surface area contributed by atoms with Crippen LogP contribution in [0.1, 0.15) is 26.5 Å². The van der Waals surface area contributed by atoms with E-state index in [1.807, 2.05) is 0 Å². The summed E-state index contributed by atoms with van der Waals surface area (Å²) in [5.41, 5.74) is 1.64. The van der Waals surface area contributed by atoms with Gasteiger partial charge in [-0.05, 0) is 42.8 Å². The molecule has 14 heteroatoms. The maximum atomic E-state index is 14.6. The number of methoxy groups -OCH3 is 1. The molecule has 0 saturated carbocycles. The fraction of sp³-hybridized carbons (Fsp3) is 0.367. The molecule has 2 atom stereocenters. The second kappa shape index (κ2) is 12.9. The third-order valence-electron chi connectivity index (χ3n) is 7.89. The number of carbonyl (C=O) groups excluding carboxylic acids is 3. The molecule has 2 aliphatic heterocycles. The van der Waals surface area contributed by atoms with Gasteiger partial charge in [0.1, 0.15) is 0 Å². The summed E-state index contributed by atoms with van der Waals surface area (Å²) in [5.74, 6) is -3.49. The Kier molecular flexibility index (Phi) is 9.01. The fourth-order valence-electron chi connectivity index (χ4n) is 5.28. The molecule has 44 heavy (non-hydrogen) atoms. The standard InChI is InChI=1S/C30H33F2N7O5/c1-17-12-19(36-28(41)27-34-15-22(37(27)2)21-6-7-24(44-3)26(32)25(21)31)4-5-20(17)29(42)38-8-10-39(11-9-38)30(43)35-14-18-13-33-16-23(18)40/h4-7,12,14-15,18,23,33,40H,8-11,13,16H2,1-3H3,(H,36,41)/b35-14-/t18?,23-/m0/s1. The van der Waals surface area contributed by atoms with Crippen LogP contribution in [-0.4, -0.2) is 101 Å². The Bertz CT molecular complexity index is 1620. The molecule has 5 rings (SSSR count). The number of β-amino-alcohol motifs (C(OH)–C–C–N with tert-alkyl or cyclic N) is 1. The average molecular weight is 610 g/mol. The predicted octanol–water partition coefficient (Wildman–Crippen LogP) is 2.46. The highest BCUT2D eigenvalue weighted by Crippen LogP contribution is 2.30. The van der Waals surface area contributed by atoms with E-state index in [4.69, 9.17) is 4.74 Å². The second-order valence-corrected chi connectivity index (χ2v) is 10.7. The molecule has 0 aliphatic carbocycles. The molecule has 1 unspecified atom stereocenters. The number of aliphatic hydroxyl groups excluding tert-OH is 1. The molecule has 0 spiro atoms. The topological polar surface area (TPSA) is 141 Å². The van der Waals surface area contributed by atoms with Gasteiger partial charge in [0.25, 0.3) is 11.8 Å². The van der Waals surface area contributed by atoms with Crippen LogP contribution in [0.2, 0.25) is 0 Å². The zero-order valence-electron chi connectivity index (χ0n) is 24.5. The van der Waals surface area contributed by atoms with E-state index < -0.39 is 29.7 Å². The Morgan fingerprint density at radius 2 is 1.82 bits per heavy atom. The zero-order chi connectivity index (χ0) is 31.5. The quantitative estimate of drug-likeness (QED) is 0.365. The number of ether oxygens (including phenoxy) is 1. The molecule has 2 fully saturated rings. The summed E-state index contributed by atoms with van der Waals surface area (Å²) in [6.45, 7) is 4.14. The van der Waals surface area contributed by atoms with Crippen LogP contribution in [0.25, 0.3) is 11.3 Å². The van der Waals surface area contributed by atoms with Crippen LogP contribution in [0.3, 0.4) is 0 Å². The van der Waals surface area contributed by atoms with Crippen molar-refractivity contribution < 1.29 is 33.0 Å². The van der Waals surface area contributed by atoms with Crippen LogP contribution in [0, 0.1) is 24.5 Å². The molecular formula is C30H33F2N7O5. The van der Waals surface area contributed by atoms with E-state index >= 15 is 0 Å². The number of benzene rings is 2. The SMILES string of the molecule is COc1ccc(-c2cnc(C(=O)Nc3ccc(C(=O)N4CCN(C(=O)/N=C\C5CNC[C@@H]5O)CC4)c(C)c3)n2C)c(F)c1F. The Morgan fingerprint density at radius 1 is 1.09 bits per heavy atom. The molecule has 3 heterocycles. The predicted molar refractivity (Wildman–Crippen MR) is 158 cm³/mol. The number of aliphatic imine (C=N–C) groups is 1. The van der Waals surface area contributed by atoms with Crippen molar-refractivity contribution in [3.05, 3.63) is 65.1 Å². The molecule has 4 amide bonds. The first-order valence-corrected chi connectivity index (χ1v) is 14.1. The Labute approximate surface area is 252 Å². The summed E-state index contributed by atoms with van der Waals surface area (Å²) < 4.78 is 35.1. The number of carbonyl (C=O) groups is 3. The third kappa shape index (κ3) is 6.17. The maximum Gasteiger partial charge on any atom is 0.343 e. The fourth-order valence-corrected chi connectivity index (χ4v) is 5.28. The highest BCUT2D eigenvalue weighted by Gasteiger charge is 2.27. The van der Waals surface area contributed by atoms with E-state index in [0.717, 1.165) is 0 Å². The highest BCUT2D eigenvalue weighted by atomic mass is 19.2. The molecule has 3 N–H and O–H groups in total. The lowest BCUT2D eigenvalue weighted by Crippen LogP contribution is -2.50.